The van der Waals surface area contributed by atoms with Crippen LogP contribution in [0.25, 0.3) is 0 Å². The molecule has 0 spiro atoms. The van der Waals surface area contributed by atoms with Gasteiger partial charge in [-0.15, -0.1) is 0 Å². The van der Waals surface area contributed by atoms with Crippen molar-refractivity contribution in [1.82, 2.24) is 4.90 Å². The quantitative estimate of drug-likeness (QED) is 0.735. The third kappa shape index (κ3) is 3.74. The van der Waals surface area contributed by atoms with Gasteiger partial charge in [0.2, 0.25) is 0 Å². The molecule has 1 heterocycles. The van der Waals surface area contributed by atoms with Crippen molar-refractivity contribution in [3.8, 4) is 0 Å². The first-order valence-corrected chi connectivity index (χ1v) is 7.09. The Kier molecular flexibility index (Phi) is 3.48. The van der Waals surface area contributed by atoms with E-state index in [2.05, 4.69) is 25.7 Å². The highest BCUT2D eigenvalue weighted by atomic mass is 32.2. The SMILES string of the molecule is CN(CC(C)(C)C)C1CS(=O)(=O)CC1N. The molecule has 0 aliphatic carbocycles. The Hall–Kier alpha value is -0.130. The summed E-state index contributed by atoms with van der Waals surface area (Å²) in [5, 5.41) is 0. The Morgan fingerprint density at radius 2 is 1.87 bits per heavy atom. The maximum Gasteiger partial charge on any atom is 0.153 e. The predicted octanol–water partition coefficient (Wildman–Crippen LogP) is 0.0886. The van der Waals surface area contributed by atoms with Crippen molar-refractivity contribution in [3.05, 3.63) is 0 Å². The van der Waals surface area contributed by atoms with E-state index in [0.29, 0.717) is 0 Å². The van der Waals surface area contributed by atoms with Gasteiger partial charge in [0.15, 0.2) is 9.84 Å². The lowest BCUT2D eigenvalue weighted by molar-refractivity contribution is 0.174. The highest BCUT2D eigenvalue weighted by molar-refractivity contribution is 7.91. The van der Waals surface area contributed by atoms with Crippen molar-refractivity contribution in [2.45, 2.75) is 32.9 Å². The van der Waals surface area contributed by atoms with E-state index in [9.17, 15) is 8.42 Å². The van der Waals surface area contributed by atoms with Gasteiger partial charge < -0.3 is 10.6 Å². The van der Waals surface area contributed by atoms with Crippen LogP contribution in [0.3, 0.4) is 0 Å². The molecule has 4 nitrogen and oxygen atoms in total. The highest BCUT2D eigenvalue weighted by Gasteiger charge is 2.38. The fourth-order valence-corrected chi connectivity index (χ4v) is 4.14. The minimum atomic E-state index is -2.91. The van der Waals surface area contributed by atoms with E-state index in [1.807, 2.05) is 7.05 Å². The maximum absolute atomic E-state index is 11.4. The van der Waals surface area contributed by atoms with E-state index < -0.39 is 9.84 Å². The number of nitrogens with two attached hydrogens (primary N) is 1. The third-order valence-electron chi connectivity index (χ3n) is 2.66. The normalized spacial score (nSPS) is 31.1. The van der Waals surface area contributed by atoms with Crippen molar-refractivity contribution in [1.29, 1.82) is 0 Å². The Balaban J connectivity index is 2.66. The van der Waals surface area contributed by atoms with Gasteiger partial charge in [0.05, 0.1) is 11.5 Å². The van der Waals surface area contributed by atoms with Crippen molar-refractivity contribution >= 4 is 9.84 Å². The summed E-state index contributed by atoms with van der Waals surface area (Å²) in [6.45, 7) is 7.27. The number of hydrogen-bond donors (Lipinski definition) is 1. The van der Waals surface area contributed by atoms with Gasteiger partial charge in [-0.1, -0.05) is 20.8 Å². The minimum Gasteiger partial charge on any atom is -0.325 e. The van der Waals surface area contributed by atoms with E-state index >= 15 is 0 Å². The van der Waals surface area contributed by atoms with Crippen LogP contribution in [0.1, 0.15) is 20.8 Å². The van der Waals surface area contributed by atoms with Crippen LogP contribution in [-0.4, -0.2) is 50.5 Å². The molecule has 0 aromatic rings. The highest BCUT2D eigenvalue weighted by Crippen LogP contribution is 2.21. The third-order valence-corrected chi connectivity index (χ3v) is 4.40. The monoisotopic (exact) mass is 234 g/mol. The first-order chi connectivity index (χ1) is 6.61. The van der Waals surface area contributed by atoms with Crippen LogP contribution in [0, 0.1) is 5.41 Å². The smallest absolute Gasteiger partial charge is 0.153 e. The molecular formula is C10H22N2O2S. The van der Waals surface area contributed by atoms with Crippen LogP contribution in [0.5, 0.6) is 0 Å². The Morgan fingerprint density at radius 3 is 2.20 bits per heavy atom. The Bertz CT molecular complexity index is 319. The second-order valence-electron chi connectivity index (χ2n) is 5.78. The number of rotatable bonds is 2. The van der Waals surface area contributed by atoms with Crippen LogP contribution in [0.2, 0.25) is 0 Å². The number of likely N-dealkylation sites (N-methyl/N-ethyl adjacent to an activating group) is 1. The molecule has 0 radical (unpaired) electrons. The van der Waals surface area contributed by atoms with Crippen LogP contribution < -0.4 is 5.73 Å². The zero-order valence-corrected chi connectivity index (χ0v) is 10.8. The molecule has 2 atom stereocenters. The number of hydrogen-bond acceptors (Lipinski definition) is 4. The van der Waals surface area contributed by atoms with E-state index in [0.717, 1.165) is 6.54 Å². The summed E-state index contributed by atoms with van der Waals surface area (Å²) < 4.78 is 22.8. The van der Waals surface area contributed by atoms with Crippen molar-refractivity contribution in [2.75, 3.05) is 25.1 Å². The first kappa shape index (κ1) is 12.9. The fourth-order valence-electron chi connectivity index (χ4n) is 2.18. The number of nitrogens with zero attached hydrogens (tertiary/aromatic N) is 1. The molecular weight excluding hydrogens is 212 g/mol. The molecule has 1 saturated heterocycles. The average molecular weight is 234 g/mol. The molecule has 0 amide bonds. The first-order valence-electron chi connectivity index (χ1n) is 5.27. The lowest BCUT2D eigenvalue weighted by Gasteiger charge is -2.32. The molecule has 0 bridgehead atoms. The van der Waals surface area contributed by atoms with Gasteiger partial charge in [0.25, 0.3) is 0 Å². The van der Waals surface area contributed by atoms with Gasteiger partial charge in [-0.2, -0.15) is 0 Å². The van der Waals surface area contributed by atoms with Crippen LogP contribution in [-0.2, 0) is 9.84 Å². The summed E-state index contributed by atoms with van der Waals surface area (Å²) in [6.07, 6.45) is 0. The van der Waals surface area contributed by atoms with Gasteiger partial charge in [-0.3, -0.25) is 0 Å². The molecule has 0 aromatic carbocycles. The van der Waals surface area contributed by atoms with Crippen LogP contribution in [0.15, 0.2) is 0 Å². The van der Waals surface area contributed by atoms with Crippen molar-refractivity contribution in [2.24, 2.45) is 11.1 Å². The van der Waals surface area contributed by atoms with Gasteiger partial charge in [-0.05, 0) is 12.5 Å². The van der Waals surface area contributed by atoms with E-state index in [1.54, 1.807) is 0 Å². The molecule has 2 N–H and O–H groups in total. The zero-order valence-electron chi connectivity index (χ0n) is 10.0. The predicted molar refractivity (Wildman–Crippen MR) is 62.5 cm³/mol. The minimum absolute atomic E-state index is 0.0192. The van der Waals surface area contributed by atoms with Gasteiger partial charge in [0, 0.05) is 18.6 Å². The lowest BCUT2D eigenvalue weighted by atomic mass is 9.95. The molecule has 2 unspecified atom stereocenters. The Labute approximate surface area is 92.7 Å². The zero-order chi connectivity index (χ0) is 11.9. The summed E-state index contributed by atoms with van der Waals surface area (Å²) in [5.41, 5.74) is 6.02. The summed E-state index contributed by atoms with van der Waals surface area (Å²) in [5.74, 6) is 0.340. The Morgan fingerprint density at radius 1 is 1.33 bits per heavy atom. The van der Waals surface area contributed by atoms with Gasteiger partial charge in [0.1, 0.15) is 0 Å². The molecule has 0 aromatic heterocycles. The largest absolute Gasteiger partial charge is 0.325 e. The summed E-state index contributed by atoms with van der Waals surface area (Å²) >= 11 is 0. The average Bonchev–Trinajstić information content (AvgIpc) is 2.20. The second kappa shape index (κ2) is 4.03. The molecule has 0 saturated carbocycles. The molecule has 1 aliphatic rings. The lowest BCUT2D eigenvalue weighted by Crippen LogP contribution is -2.47. The molecule has 15 heavy (non-hydrogen) atoms. The summed E-state index contributed by atoms with van der Waals surface area (Å²) in [4.78, 5) is 2.08. The molecule has 1 aliphatic heterocycles. The van der Waals surface area contributed by atoms with Gasteiger partial charge >= 0.3 is 0 Å². The maximum atomic E-state index is 11.4. The van der Waals surface area contributed by atoms with Crippen molar-refractivity contribution < 1.29 is 8.42 Å². The van der Waals surface area contributed by atoms with Crippen molar-refractivity contribution in [3.63, 3.8) is 0 Å². The summed E-state index contributed by atoms with van der Waals surface area (Å²) in [6, 6.07) is -0.253. The molecule has 1 fully saturated rings. The molecule has 90 valence electrons. The van der Waals surface area contributed by atoms with Crippen LogP contribution in [0.4, 0.5) is 0 Å². The number of sulfone groups is 1. The fraction of sp³-hybridized carbons (Fsp3) is 1.00. The van der Waals surface area contributed by atoms with E-state index in [1.165, 1.54) is 0 Å². The van der Waals surface area contributed by atoms with Crippen LogP contribution >= 0.6 is 0 Å². The van der Waals surface area contributed by atoms with E-state index in [-0.39, 0.29) is 29.0 Å². The molecule has 5 heteroatoms. The standard InChI is InChI=1S/C10H22N2O2S/c1-10(2,3)7-12(4)9-6-15(13,14)5-8(9)11/h8-9H,5-7,11H2,1-4H3. The summed E-state index contributed by atoms with van der Waals surface area (Å²) in [7, 11) is -0.957. The topological polar surface area (TPSA) is 63.4 Å². The van der Waals surface area contributed by atoms with E-state index in [4.69, 9.17) is 5.73 Å². The second-order valence-corrected chi connectivity index (χ2v) is 7.94. The molecule has 1 rings (SSSR count). The van der Waals surface area contributed by atoms with Gasteiger partial charge in [-0.25, -0.2) is 8.42 Å².